The summed E-state index contributed by atoms with van der Waals surface area (Å²) < 4.78 is 0. The number of likely N-dealkylation sites (tertiary alicyclic amines) is 1. The minimum Gasteiger partial charge on any atom is -0.342 e. The molecule has 0 N–H and O–H groups in total. The summed E-state index contributed by atoms with van der Waals surface area (Å²) >= 11 is 5.51. The first-order chi connectivity index (χ1) is 7.60. The van der Waals surface area contributed by atoms with E-state index in [1.807, 2.05) is 11.8 Å². The first kappa shape index (κ1) is 13.3. The number of amides is 2. The van der Waals surface area contributed by atoms with Gasteiger partial charge in [-0.2, -0.15) is 0 Å². The third-order valence-corrected chi connectivity index (χ3v) is 3.35. The van der Waals surface area contributed by atoms with Gasteiger partial charge in [0.15, 0.2) is 0 Å². The summed E-state index contributed by atoms with van der Waals surface area (Å²) in [6.45, 7) is 5.74. The second-order valence-electron chi connectivity index (χ2n) is 4.05. The van der Waals surface area contributed by atoms with Crippen LogP contribution in [0, 0.1) is 0 Å². The molecule has 0 unspecified atom stereocenters. The van der Waals surface area contributed by atoms with Crippen LogP contribution in [0.25, 0.3) is 0 Å². The molecule has 92 valence electrons. The molecular weight excluding hydrogens is 228 g/mol. The Hall–Kier alpha value is -0.770. The molecule has 0 aromatic heterocycles. The minimum absolute atomic E-state index is 0.00834. The quantitative estimate of drug-likeness (QED) is 0.700. The summed E-state index contributed by atoms with van der Waals surface area (Å²) in [6.07, 6.45) is 1.71. The highest BCUT2D eigenvalue weighted by Crippen LogP contribution is 2.16. The van der Waals surface area contributed by atoms with Crippen molar-refractivity contribution in [1.29, 1.82) is 0 Å². The van der Waals surface area contributed by atoms with Gasteiger partial charge in [0.1, 0.15) is 5.88 Å². The van der Waals surface area contributed by atoms with E-state index >= 15 is 0 Å². The zero-order chi connectivity index (χ0) is 12.1. The molecule has 1 heterocycles. The Labute approximate surface area is 102 Å². The lowest BCUT2D eigenvalue weighted by atomic mass is 10.0. The maximum absolute atomic E-state index is 11.4. The fourth-order valence-electron chi connectivity index (χ4n) is 2.25. The number of carbonyl (C=O) groups is 2. The highest BCUT2D eigenvalue weighted by Gasteiger charge is 2.26. The normalized spacial score (nSPS) is 17.3. The predicted molar refractivity (Wildman–Crippen MR) is 63.4 cm³/mol. The number of hydrogen-bond acceptors (Lipinski definition) is 2. The van der Waals surface area contributed by atoms with Crippen LogP contribution in [0.2, 0.25) is 0 Å². The summed E-state index contributed by atoms with van der Waals surface area (Å²) in [5.41, 5.74) is 0. The van der Waals surface area contributed by atoms with E-state index < -0.39 is 0 Å². The molecule has 0 aromatic rings. The Morgan fingerprint density at radius 2 is 1.94 bits per heavy atom. The van der Waals surface area contributed by atoms with Crippen molar-refractivity contribution in [2.45, 2.75) is 32.7 Å². The molecule has 1 rings (SSSR count). The first-order valence-corrected chi connectivity index (χ1v) is 6.24. The predicted octanol–water partition coefficient (Wildman–Crippen LogP) is 1.08. The van der Waals surface area contributed by atoms with Gasteiger partial charge in [0.2, 0.25) is 11.8 Å². The maximum atomic E-state index is 11.4. The molecule has 0 bridgehead atoms. The second-order valence-corrected chi connectivity index (χ2v) is 4.32. The van der Waals surface area contributed by atoms with E-state index in [4.69, 9.17) is 11.6 Å². The van der Waals surface area contributed by atoms with Gasteiger partial charge in [-0.25, -0.2) is 0 Å². The van der Waals surface area contributed by atoms with E-state index in [1.165, 1.54) is 0 Å². The van der Waals surface area contributed by atoms with Gasteiger partial charge < -0.3 is 9.80 Å². The van der Waals surface area contributed by atoms with E-state index in [9.17, 15) is 9.59 Å². The third kappa shape index (κ3) is 3.11. The van der Waals surface area contributed by atoms with Crippen LogP contribution in [0.1, 0.15) is 26.7 Å². The van der Waals surface area contributed by atoms with Gasteiger partial charge in [-0.05, 0) is 19.8 Å². The van der Waals surface area contributed by atoms with Crippen LogP contribution < -0.4 is 0 Å². The monoisotopic (exact) mass is 246 g/mol. The van der Waals surface area contributed by atoms with Gasteiger partial charge in [0, 0.05) is 32.6 Å². The Bertz CT molecular complexity index is 263. The highest BCUT2D eigenvalue weighted by atomic mass is 35.5. The van der Waals surface area contributed by atoms with Crippen molar-refractivity contribution in [3.63, 3.8) is 0 Å². The molecule has 0 saturated carbocycles. The van der Waals surface area contributed by atoms with Gasteiger partial charge in [-0.3, -0.25) is 9.59 Å². The maximum Gasteiger partial charge on any atom is 0.237 e. The average Bonchev–Trinajstić information content (AvgIpc) is 2.29. The van der Waals surface area contributed by atoms with Crippen molar-refractivity contribution in [2.24, 2.45) is 0 Å². The van der Waals surface area contributed by atoms with Crippen LogP contribution in [0.5, 0.6) is 0 Å². The molecule has 1 fully saturated rings. The largest absolute Gasteiger partial charge is 0.342 e. The Morgan fingerprint density at radius 1 is 1.38 bits per heavy atom. The number of hydrogen-bond donors (Lipinski definition) is 0. The molecule has 1 saturated heterocycles. The number of halogens is 1. The molecule has 1 aliphatic heterocycles. The van der Waals surface area contributed by atoms with Gasteiger partial charge in [-0.15, -0.1) is 11.6 Å². The lowest BCUT2D eigenvalue weighted by molar-refractivity contribution is -0.133. The molecule has 0 spiro atoms. The summed E-state index contributed by atoms with van der Waals surface area (Å²) in [7, 11) is 0. The molecule has 5 heteroatoms. The molecule has 1 aliphatic rings. The van der Waals surface area contributed by atoms with Crippen molar-refractivity contribution in [3.05, 3.63) is 0 Å². The first-order valence-electron chi connectivity index (χ1n) is 5.71. The molecule has 0 atom stereocenters. The van der Waals surface area contributed by atoms with Crippen molar-refractivity contribution >= 4 is 23.4 Å². The Morgan fingerprint density at radius 3 is 2.31 bits per heavy atom. The van der Waals surface area contributed by atoms with Crippen LogP contribution in [-0.4, -0.2) is 53.2 Å². The summed E-state index contributed by atoms with van der Waals surface area (Å²) in [4.78, 5) is 26.4. The standard InChI is InChI=1S/C11H19ClN2O2/c1-3-14(9(2)15)10-4-6-13(7-5-10)11(16)8-12/h10H,3-8H2,1-2H3. The van der Waals surface area contributed by atoms with Gasteiger partial charge in [-0.1, -0.05) is 0 Å². The van der Waals surface area contributed by atoms with Crippen molar-refractivity contribution in [2.75, 3.05) is 25.5 Å². The van der Waals surface area contributed by atoms with Crippen LogP contribution in [0.4, 0.5) is 0 Å². The fourth-order valence-corrected chi connectivity index (χ4v) is 2.42. The molecule has 0 radical (unpaired) electrons. The number of alkyl halides is 1. The molecule has 0 aliphatic carbocycles. The van der Waals surface area contributed by atoms with E-state index in [0.717, 1.165) is 19.4 Å². The fraction of sp³-hybridized carbons (Fsp3) is 0.818. The van der Waals surface area contributed by atoms with Crippen molar-refractivity contribution < 1.29 is 9.59 Å². The van der Waals surface area contributed by atoms with Crippen molar-refractivity contribution in [3.8, 4) is 0 Å². The number of piperidine rings is 1. The lowest BCUT2D eigenvalue weighted by Gasteiger charge is -2.37. The zero-order valence-electron chi connectivity index (χ0n) is 9.91. The smallest absolute Gasteiger partial charge is 0.237 e. The Balaban J connectivity index is 2.47. The minimum atomic E-state index is -0.00834. The van der Waals surface area contributed by atoms with E-state index in [1.54, 1.807) is 11.8 Å². The van der Waals surface area contributed by atoms with E-state index in [2.05, 4.69) is 0 Å². The molecule has 0 aromatic carbocycles. The SMILES string of the molecule is CCN(C(C)=O)C1CCN(C(=O)CCl)CC1. The summed E-state index contributed by atoms with van der Waals surface area (Å²) in [6, 6.07) is 0.280. The Kier molecular flexibility index (Phi) is 5.06. The van der Waals surface area contributed by atoms with Crippen LogP contribution in [0.3, 0.4) is 0 Å². The van der Waals surface area contributed by atoms with Crippen molar-refractivity contribution in [1.82, 2.24) is 9.80 Å². The number of carbonyl (C=O) groups excluding carboxylic acids is 2. The van der Waals surface area contributed by atoms with Crippen LogP contribution in [0.15, 0.2) is 0 Å². The summed E-state index contributed by atoms with van der Waals surface area (Å²) in [5, 5.41) is 0. The zero-order valence-corrected chi connectivity index (χ0v) is 10.7. The molecular formula is C11H19ClN2O2. The van der Waals surface area contributed by atoms with Crippen LogP contribution >= 0.6 is 11.6 Å². The highest BCUT2D eigenvalue weighted by molar-refractivity contribution is 6.27. The van der Waals surface area contributed by atoms with Gasteiger partial charge >= 0.3 is 0 Å². The average molecular weight is 247 g/mol. The van der Waals surface area contributed by atoms with Gasteiger partial charge in [0.25, 0.3) is 0 Å². The molecule has 2 amide bonds. The third-order valence-electron chi connectivity index (χ3n) is 3.12. The van der Waals surface area contributed by atoms with Gasteiger partial charge in [0.05, 0.1) is 0 Å². The lowest BCUT2D eigenvalue weighted by Crippen LogP contribution is -2.48. The molecule has 4 nitrogen and oxygen atoms in total. The number of nitrogens with zero attached hydrogens (tertiary/aromatic N) is 2. The summed E-state index contributed by atoms with van der Waals surface area (Å²) in [5.74, 6) is 0.158. The second kappa shape index (κ2) is 6.09. The topological polar surface area (TPSA) is 40.6 Å². The number of rotatable bonds is 3. The van der Waals surface area contributed by atoms with E-state index in [0.29, 0.717) is 13.1 Å². The van der Waals surface area contributed by atoms with Crippen LogP contribution in [-0.2, 0) is 9.59 Å². The van der Waals surface area contributed by atoms with E-state index in [-0.39, 0.29) is 23.7 Å². The molecule has 16 heavy (non-hydrogen) atoms.